The third-order valence-electron chi connectivity index (χ3n) is 4.63. The Morgan fingerprint density at radius 3 is 2.52 bits per heavy atom. The highest BCUT2D eigenvalue weighted by molar-refractivity contribution is 7.15. The third kappa shape index (κ3) is 5.04. The van der Waals surface area contributed by atoms with Crippen molar-refractivity contribution < 1.29 is 14.3 Å². The van der Waals surface area contributed by atoms with E-state index in [4.69, 9.17) is 4.74 Å². The number of nitrogens with zero attached hydrogens (tertiary/aromatic N) is 2. The van der Waals surface area contributed by atoms with E-state index in [1.807, 2.05) is 36.4 Å². The van der Waals surface area contributed by atoms with Gasteiger partial charge in [0.1, 0.15) is 12.6 Å². The second-order valence-electron chi connectivity index (χ2n) is 6.83. The van der Waals surface area contributed by atoms with E-state index in [1.165, 1.54) is 21.8 Å². The molecule has 1 unspecified atom stereocenters. The number of aromatic nitrogens is 2. The summed E-state index contributed by atoms with van der Waals surface area (Å²) in [6.45, 7) is -0.158. The average Bonchev–Trinajstić information content (AvgIpc) is 3.27. The fraction of sp³-hybridized carbons (Fsp3) is 0.130. The Morgan fingerprint density at radius 2 is 1.77 bits per heavy atom. The molecule has 156 valence electrons. The first-order chi connectivity index (χ1) is 15.1. The molecule has 1 amide bonds. The lowest BCUT2D eigenvalue weighted by molar-refractivity contribution is -0.147. The first kappa shape index (κ1) is 20.5. The minimum Gasteiger partial charge on any atom is -0.458 e. The van der Waals surface area contributed by atoms with Crippen molar-refractivity contribution in [1.82, 2.24) is 14.7 Å². The normalized spacial score (nSPS) is 11.7. The van der Waals surface area contributed by atoms with Crippen molar-refractivity contribution in [3.63, 3.8) is 0 Å². The maximum Gasteiger partial charge on any atom is 0.329 e. The summed E-state index contributed by atoms with van der Waals surface area (Å²) >= 11 is 1.32. The van der Waals surface area contributed by atoms with Gasteiger partial charge in [-0.2, -0.15) is 0 Å². The molecule has 2 aromatic heterocycles. The molecule has 31 heavy (non-hydrogen) atoms. The number of ether oxygens (including phenoxy) is 1. The molecule has 8 heteroatoms. The lowest BCUT2D eigenvalue weighted by Gasteiger charge is -2.18. The Hall–Kier alpha value is -3.78. The molecule has 0 saturated heterocycles. The number of carbonyl (C=O) groups excluding carboxylic acids is 2. The number of nitrogens with one attached hydrogen (secondary N) is 1. The van der Waals surface area contributed by atoms with Crippen molar-refractivity contribution in [3.8, 4) is 0 Å². The van der Waals surface area contributed by atoms with Crippen molar-refractivity contribution in [2.75, 3.05) is 0 Å². The van der Waals surface area contributed by atoms with Crippen LogP contribution in [0.5, 0.6) is 0 Å². The molecule has 7 nitrogen and oxygen atoms in total. The van der Waals surface area contributed by atoms with Gasteiger partial charge in [0.2, 0.25) is 0 Å². The monoisotopic (exact) mass is 433 g/mol. The molecule has 0 aliphatic heterocycles. The summed E-state index contributed by atoms with van der Waals surface area (Å²) in [6.07, 6.45) is 1.92. The van der Waals surface area contributed by atoms with Gasteiger partial charge in [-0.05, 0) is 17.7 Å². The summed E-state index contributed by atoms with van der Waals surface area (Å²) in [7, 11) is 0. The van der Waals surface area contributed by atoms with Gasteiger partial charge in [-0.3, -0.25) is 14.0 Å². The SMILES string of the molecule is O=C(NC(Cc1ccccc1)C(=O)OCc1cc(=O)n2ccsc2n1)c1ccccc1. The fourth-order valence-corrected chi connectivity index (χ4v) is 3.82. The van der Waals surface area contributed by atoms with Gasteiger partial charge >= 0.3 is 5.97 Å². The number of thiazole rings is 1. The molecule has 0 bridgehead atoms. The zero-order valence-corrected chi connectivity index (χ0v) is 17.2. The maximum absolute atomic E-state index is 12.8. The molecule has 0 radical (unpaired) electrons. The molecule has 0 aliphatic carbocycles. The number of hydrogen-bond donors (Lipinski definition) is 1. The molecule has 0 aliphatic rings. The van der Waals surface area contributed by atoms with Crippen molar-refractivity contribution in [2.24, 2.45) is 0 Å². The van der Waals surface area contributed by atoms with Crippen LogP contribution in [0.4, 0.5) is 0 Å². The van der Waals surface area contributed by atoms with E-state index in [2.05, 4.69) is 10.3 Å². The van der Waals surface area contributed by atoms with E-state index in [-0.39, 0.29) is 24.5 Å². The Morgan fingerprint density at radius 1 is 1.06 bits per heavy atom. The summed E-state index contributed by atoms with van der Waals surface area (Å²) in [5.74, 6) is -0.962. The number of carbonyl (C=O) groups is 2. The van der Waals surface area contributed by atoms with E-state index in [1.54, 1.807) is 35.8 Å². The van der Waals surface area contributed by atoms with E-state index >= 15 is 0 Å². The molecular formula is C23H19N3O4S. The Kier molecular flexibility index (Phi) is 6.18. The molecule has 2 heterocycles. The quantitative estimate of drug-likeness (QED) is 0.453. The van der Waals surface area contributed by atoms with E-state index in [9.17, 15) is 14.4 Å². The van der Waals surface area contributed by atoms with Gasteiger partial charge in [-0.15, -0.1) is 11.3 Å². The second-order valence-corrected chi connectivity index (χ2v) is 7.70. The van der Waals surface area contributed by atoms with Crippen LogP contribution in [0.25, 0.3) is 4.96 Å². The smallest absolute Gasteiger partial charge is 0.329 e. The number of rotatable bonds is 7. The summed E-state index contributed by atoms with van der Waals surface area (Å²) in [5.41, 5.74) is 1.45. The van der Waals surface area contributed by atoms with E-state index < -0.39 is 12.0 Å². The summed E-state index contributed by atoms with van der Waals surface area (Å²) in [5, 5.41) is 4.52. The van der Waals surface area contributed by atoms with E-state index in [0.29, 0.717) is 16.2 Å². The highest BCUT2D eigenvalue weighted by Crippen LogP contribution is 2.10. The topological polar surface area (TPSA) is 89.8 Å². The van der Waals surface area contributed by atoms with Crippen LogP contribution < -0.4 is 10.9 Å². The first-order valence-electron chi connectivity index (χ1n) is 9.62. The largest absolute Gasteiger partial charge is 0.458 e. The van der Waals surface area contributed by atoms with Crippen LogP contribution in [0.3, 0.4) is 0 Å². The van der Waals surface area contributed by atoms with Crippen LogP contribution in [0.15, 0.2) is 83.1 Å². The highest BCUT2D eigenvalue weighted by Gasteiger charge is 2.24. The van der Waals surface area contributed by atoms with Crippen LogP contribution >= 0.6 is 11.3 Å². The predicted octanol–water partition coefficient (Wildman–Crippen LogP) is 2.84. The van der Waals surface area contributed by atoms with Crippen LogP contribution in [-0.4, -0.2) is 27.3 Å². The second kappa shape index (κ2) is 9.36. The molecule has 0 fully saturated rings. The van der Waals surface area contributed by atoms with E-state index in [0.717, 1.165) is 5.56 Å². The lowest BCUT2D eigenvalue weighted by atomic mass is 10.1. The molecule has 1 N–H and O–H groups in total. The van der Waals surface area contributed by atoms with Crippen LogP contribution in [0.1, 0.15) is 21.6 Å². The van der Waals surface area contributed by atoms with Crippen LogP contribution in [0.2, 0.25) is 0 Å². The van der Waals surface area contributed by atoms with Gasteiger partial charge in [-0.25, -0.2) is 9.78 Å². The fourth-order valence-electron chi connectivity index (χ4n) is 3.08. The number of hydrogen-bond acceptors (Lipinski definition) is 6. The summed E-state index contributed by atoms with van der Waals surface area (Å²) in [6, 6.07) is 18.5. The maximum atomic E-state index is 12.8. The van der Waals surface area contributed by atoms with Gasteiger partial charge in [0, 0.05) is 29.6 Å². The zero-order valence-electron chi connectivity index (χ0n) is 16.4. The number of amides is 1. The number of fused-ring (bicyclic) bond motifs is 1. The van der Waals surface area contributed by atoms with Crippen molar-refractivity contribution in [1.29, 1.82) is 0 Å². The Labute approximate surface area is 182 Å². The van der Waals surface area contributed by atoms with Gasteiger partial charge < -0.3 is 10.1 Å². The van der Waals surface area contributed by atoms with Crippen molar-refractivity contribution >= 4 is 28.2 Å². The molecule has 1 atom stereocenters. The molecule has 0 spiro atoms. The average molecular weight is 433 g/mol. The predicted molar refractivity (Wildman–Crippen MR) is 117 cm³/mol. The Balaban J connectivity index is 1.49. The lowest BCUT2D eigenvalue weighted by Crippen LogP contribution is -2.43. The van der Waals surface area contributed by atoms with Crippen molar-refractivity contribution in [2.45, 2.75) is 19.1 Å². The minimum absolute atomic E-state index is 0.158. The van der Waals surface area contributed by atoms with Crippen molar-refractivity contribution in [3.05, 3.63) is 105 Å². The van der Waals surface area contributed by atoms with Gasteiger partial charge in [0.25, 0.3) is 11.5 Å². The molecule has 0 saturated carbocycles. The molecule has 4 rings (SSSR count). The zero-order chi connectivity index (χ0) is 21.6. The Bertz CT molecular complexity index is 1250. The van der Waals surface area contributed by atoms with Gasteiger partial charge in [-0.1, -0.05) is 48.5 Å². The third-order valence-corrected chi connectivity index (χ3v) is 5.38. The summed E-state index contributed by atoms with van der Waals surface area (Å²) in [4.78, 5) is 42.4. The first-order valence-corrected chi connectivity index (χ1v) is 10.5. The van der Waals surface area contributed by atoms with Crippen LogP contribution in [0, 0.1) is 0 Å². The molecule has 4 aromatic rings. The number of benzene rings is 2. The number of esters is 1. The minimum atomic E-state index is -0.887. The molecule has 2 aromatic carbocycles. The summed E-state index contributed by atoms with van der Waals surface area (Å²) < 4.78 is 6.84. The standard InChI is InChI=1S/C23H19N3O4S/c27-20-14-18(24-23-26(20)11-12-31-23)15-30-22(29)19(13-16-7-3-1-4-8-16)25-21(28)17-9-5-2-6-10-17/h1-12,14,19H,13,15H2,(H,25,28). The molecular weight excluding hydrogens is 414 g/mol. The van der Waals surface area contributed by atoms with Crippen LogP contribution in [-0.2, 0) is 22.6 Å². The van der Waals surface area contributed by atoms with Gasteiger partial charge in [0.15, 0.2) is 4.96 Å². The van der Waals surface area contributed by atoms with Gasteiger partial charge in [0.05, 0.1) is 5.69 Å². The highest BCUT2D eigenvalue weighted by atomic mass is 32.1.